The van der Waals surface area contributed by atoms with Gasteiger partial charge in [0, 0.05) is 37.7 Å². The summed E-state index contributed by atoms with van der Waals surface area (Å²) >= 11 is 1.57. The molecule has 0 bridgehead atoms. The van der Waals surface area contributed by atoms with Gasteiger partial charge in [0.05, 0.1) is 12.1 Å². The van der Waals surface area contributed by atoms with Crippen molar-refractivity contribution in [1.29, 1.82) is 0 Å². The van der Waals surface area contributed by atoms with Crippen molar-refractivity contribution in [2.75, 3.05) is 26.2 Å². The van der Waals surface area contributed by atoms with E-state index in [1.807, 2.05) is 24.1 Å². The van der Waals surface area contributed by atoms with Gasteiger partial charge in [-0.25, -0.2) is 4.98 Å². The summed E-state index contributed by atoms with van der Waals surface area (Å²) in [4.78, 5) is 18.8. The van der Waals surface area contributed by atoms with Gasteiger partial charge in [-0.3, -0.25) is 4.79 Å². The zero-order valence-electron chi connectivity index (χ0n) is 13.2. The predicted octanol–water partition coefficient (Wildman–Crippen LogP) is 2.45. The maximum Gasteiger partial charge on any atom is 0.228 e. The number of aromatic nitrogens is 1. The van der Waals surface area contributed by atoms with Crippen LogP contribution in [0, 0.1) is 0 Å². The van der Waals surface area contributed by atoms with Crippen molar-refractivity contribution < 1.29 is 9.53 Å². The van der Waals surface area contributed by atoms with Crippen molar-refractivity contribution >= 4 is 42.1 Å². The number of carbonyl (C=O) groups is 1. The van der Waals surface area contributed by atoms with Crippen LogP contribution in [-0.2, 0) is 16.0 Å². The van der Waals surface area contributed by atoms with Gasteiger partial charge in [0.2, 0.25) is 5.91 Å². The first-order valence-electron chi connectivity index (χ1n) is 7.18. The number of halogens is 2. The molecule has 0 aromatic carbocycles. The molecule has 0 aliphatic carbocycles. The molecule has 1 aliphatic rings. The molecule has 1 saturated heterocycles. The van der Waals surface area contributed by atoms with E-state index in [2.05, 4.69) is 17.2 Å². The maximum absolute atomic E-state index is 12.3. The SMILES string of the molecule is CCOC(C)c1nc(CC(=O)N2CCNC[C@H]2C)cs1.Cl.Cl. The van der Waals surface area contributed by atoms with Crippen LogP contribution in [0.4, 0.5) is 0 Å². The molecule has 1 N–H and O–H groups in total. The molecule has 22 heavy (non-hydrogen) atoms. The van der Waals surface area contributed by atoms with Gasteiger partial charge in [0.25, 0.3) is 0 Å². The molecule has 1 unspecified atom stereocenters. The first-order chi connectivity index (χ1) is 9.61. The van der Waals surface area contributed by atoms with E-state index in [-0.39, 0.29) is 42.9 Å². The molecular formula is C14H25Cl2N3O2S. The normalized spacial score (nSPS) is 19.0. The molecule has 2 rings (SSSR count). The van der Waals surface area contributed by atoms with Crippen molar-refractivity contribution in [2.24, 2.45) is 0 Å². The number of thiazole rings is 1. The van der Waals surface area contributed by atoms with E-state index in [4.69, 9.17) is 4.74 Å². The van der Waals surface area contributed by atoms with Crippen LogP contribution in [0.15, 0.2) is 5.38 Å². The molecule has 0 saturated carbocycles. The van der Waals surface area contributed by atoms with Crippen LogP contribution in [0.1, 0.15) is 37.6 Å². The fraction of sp³-hybridized carbons (Fsp3) is 0.714. The average molecular weight is 370 g/mol. The number of hydrogen-bond acceptors (Lipinski definition) is 5. The number of ether oxygens (including phenoxy) is 1. The molecule has 1 aromatic heterocycles. The minimum Gasteiger partial charge on any atom is -0.372 e. The topological polar surface area (TPSA) is 54.5 Å². The molecule has 1 amide bonds. The van der Waals surface area contributed by atoms with Gasteiger partial charge in [-0.2, -0.15) is 0 Å². The number of rotatable bonds is 5. The molecule has 0 spiro atoms. The third kappa shape index (κ3) is 5.66. The molecule has 1 aromatic rings. The molecule has 1 aliphatic heterocycles. The third-order valence-electron chi connectivity index (χ3n) is 3.49. The lowest BCUT2D eigenvalue weighted by Crippen LogP contribution is -2.52. The monoisotopic (exact) mass is 369 g/mol. The minimum atomic E-state index is 0. The number of piperazine rings is 1. The summed E-state index contributed by atoms with van der Waals surface area (Å²) in [6, 6.07) is 0.261. The Hall–Kier alpha value is -0.400. The zero-order chi connectivity index (χ0) is 14.5. The zero-order valence-corrected chi connectivity index (χ0v) is 15.7. The van der Waals surface area contributed by atoms with Crippen molar-refractivity contribution in [3.63, 3.8) is 0 Å². The Morgan fingerprint density at radius 1 is 1.59 bits per heavy atom. The van der Waals surface area contributed by atoms with Crippen LogP contribution in [0.2, 0.25) is 0 Å². The van der Waals surface area contributed by atoms with Crippen molar-refractivity contribution in [3.8, 4) is 0 Å². The third-order valence-corrected chi connectivity index (χ3v) is 4.54. The van der Waals surface area contributed by atoms with Gasteiger partial charge in [0.15, 0.2) is 0 Å². The van der Waals surface area contributed by atoms with E-state index in [1.54, 1.807) is 11.3 Å². The lowest BCUT2D eigenvalue weighted by atomic mass is 10.2. The smallest absolute Gasteiger partial charge is 0.228 e. The summed E-state index contributed by atoms with van der Waals surface area (Å²) in [6.07, 6.45) is 0.395. The van der Waals surface area contributed by atoms with Crippen LogP contribution < -0.4 is 5.32 Å². The molecule has 8 heteroatoms. The summed E-state index contributed by atoms with van der Waals surface area (Å²) in [6.45, 7) is 9.25. The molecule has 5 nitrogen and oxygen atoms in total. The largest absolute Gasteiger partial charge is 0.372 e. The van der Waals surface area contributed by atoms with E-state index in [1.165, 1.54) is 0 Å². The number of amides is 1. The van der Waals surface area contributed by atoms with Gasteiger partial charge < -0.3 is 15.0 Å². The Balaban J connectivity index is 0.00000220. The molecule has 2 heterocycles. The van der Waals surface area contributed by atoms with Crippen LogP contribution in [0.25, 0.3) is 0 Å². The number of nitrogens with one attached hydrogen (secondary N) is 1. The highest BCUT2D eigenvalue weighted by molar-refractivity contribution is 7.09. The van der Waals surface area contributed by atoms with Crippen LogP contribution >= 0.6 is 36.2 Å². The number of hydrogen-bond donors (Lipinski definition) is 1. The summed E-state index contributed by atoms with van der Waals surface area (Å²) in [5.41, 5.74) is 0.854. The maximum atomic E-state index is 12.3. The second-order valence-electron chi connectivity index (χ2n) is 5.09. The summed E-state index contributed by atoms with van der Waals surface area (Å²) in [5, 5.41) is 6.21. The Kier molecular flexibility index (Phi) is 10.2. The van der Waals surface area contributed by atoms with Crippen molar-refractivity contribution in [2.45, 2.75) is 39.3 Å². The van der Waals surface area contributed by atoms with E-state index in [0.29, 0.717) is 13.0 Å². The minimum absolute atomic E-state index is 0. The average Bonchev–Trinajstić information content (AvgIpc) is 2.88. The van der Waals surface area contributed by atoms with Gasteiger partial charge in [-0.15, -0.1) is 36.2 Å². The second kappa shape index (κ2) is 10.4. The predicted molar refractivity (Wildman–Crippen MR) is 94.4 cm³/mol. The fourth-order valence-corrected chi connectivity index (χ4v) is 3.20. The van der Waals surface area contributed by atoms with Gasteiger partial charge in [-0.1, -0.05) is 0 Å². The lowest BCUT2D eigenvalue weighted by Gasteiger charge is -2.33. The van der Waals surface area contributed by atoms with E-state index in [9.17, 15) is 4.79 Å². The Morgan fingerprint density at radius 2 is 2.32 bits per heavy atom. The summed E-state index contributed by atoms with van der Waals surface area (Å²) < 4.78 is 5.52. The van der Waals surface area contributed by atoms with Gasteiger partial charge in [-0.05, 0) is 20.8 Å². The molecule has 0 radical (unpaired) electrons. The lowest BCUT2D eigenvalue weighted by molar-refractivity contribution is -0.133. The highest BCUT2D eigenvalue weighted by Crippen LogP contribution is 2.21. The van der Waals surface area contributed by atoms with Crippen molar-refractivity contribution in [3.05, 3.63) is 16.1 Å². The fourth-order valence-electron chi connectivity index (χ4n) is 2.38. The molecule has 1 fully saturated rings. The van der Waals surface area contributed by atoms with Crippen LogP contribution in [0.5, 0.6) is 0 Å². The standard InChI is InChI=1S/C14H23N3O2S.2ClH/c1-4-19-11(3)14-16-12(9-20-14)7-13(18)17-6-5-15-8-10(17)2;;/h9-11,15H,4-8H2,1-3H3;2*1H/t10-,11?;;/m1../s1. The highest BCUT2D eigenvalue weighted by atomic mass is 35.5. The Bertz CT molecular complexity index is 459. The second-order valence-corrected chi connectivity index (χ2v) is 5.98. The highest BCUT2D eigenvalue weighted by Gasteiger charge is 2.23. The van der Waals surface area contributed by atoms with E-state index >= 15 is 0 Å². The summed E-state index contributed by atoms with van der Waals surface area (Å²) in [7, 11) is 0. The first kappa shape index (κ1) is 21.6. The Morgan fingerprint density at radius 3 is 2.95 bits per heavy atom. The molecule has 128 valence electrons. The molecule has 2 atom stereocenters. The van der Waals surface area contributed by atoms with Gasteiger partial charge in [0.1, 0.15) is 11.1 Å². The summed E-state index contributed by atoms with van der Waals surface area (Å²) in [5.74, 6) is 0.167. The Labute approximate surface area is 148 Å². The van der Waals surface area contributed by atoms with Crippen molar-refractivity contribution in [1.82, 2.24) is 15.2 Å². The van der Waals surface area contributed by atoms with E-state index in [0.717, 1.165) is 30.3 Å². The number of nitrogens with zero attached hydrogens (tertiary/aromatic N) is 2. The van der Waals surface area contributed by atoms with Gasteiger partial charge >= 0.3 is 0 Å². The first-order valence-corrected chi connectivity index (χ1v) is 8.05. The van der Waals surface area contributed by atoms with Crippen LogP contribution in [-0.4, -0.2) is 48.1 Å². The van der Waals surface area contributed by atoms with Crippen LogP contribution in [0.3, 0.4) is 0 Å². The molecular weight excluding hydrogens is 345 g/mol. The quantitative estimate of drug-likeness (QED) is 0.865. The van der Waals surface area contributed by atoms with E-state index < -0.39 is 0 Å². The number of carbonyl (C=O) groups excluding carboxylic acids is 1.